The van der Waals surface area contributed by atoms with Crippen molar-refractivity contribution in [1.29, 1.82) is 0 Å². The van der Waals surface area contributed by atoms with Gasteiger partial charge in [0.05, 0.1) is 13.2 Å². The van der Waals surface area contributed by atoms with E-state index >= 15 is 0 Å². The fourth-order valence-corrected chi connectivity index (χ4v) is 7.65. The van der Waals surface area contributed by atoms with Gasteiger partial charge in [-0.1, -0.05) is 30.3 Å². The van der Waals surface area contributed by atoms with Crippen molar-refractivity contribution in [3.63, 3.8) is 0 Å². The van der Waals surface area contributed by atoms with Crippen LogP contribution in [0.3, 0.4) is 0 Å². The Kier molecular flexibility index (Phi) is 6.61. The number of methoxy groups -OCH3 is 1. The van der Waals surface area contributed by atoms with E-state index in [1.165, 1.54) is 43.2 Å². The van der Waals surface area contributed by atoms with Crippen LogP contribution in [-0.2, 0) is 0 Å². The molecule has 0 saturated carbocycles. The zero-order valence-corrected chi connectivity index (χ0v) is 21.5. The molecule has 0 aliphatic carbocycles. The van der Waals surface area contributed by atoms with Gasteiger partial charge in [0, 0.05) is 49.4 Å². The monoisotopic (exact) mass is 485 g/mol. The molecule has 4 bridgehead atoms. The molecule has 5 atom stereocenters. The largest absolute Gasteiger partial charge is 0.497 e. The van der Waals surface area contributed by atoms with Gasteiger partial charge in [-0.05, 0) is 80.3 Å². The SMILES string of the molecule is C=CCN1C2CCC3C1CCC2N3C(c1ccc(C(=O)N2CCCCC2)cc1)c1cccc(OC)c1. The summed E-state index contributed by atoms with van der Waals surface area (Å²) in [5.41, 5.74) is 3.36. The maximum absolute atomic E-state index is 13.1. The summed E-state index contributed by atoms with van der Waals surface area (Å²) in [6.07, 6.45) is 10.6. The quantitative estimate of drug-likeness (QED) is 0.500. The lowest BCUT2D eigenvalue weighted by atomic mass is 9.69. The Balaban J connectivity index is 1.35. The smallest absolute Gasteiger partial charge is 0.253 e. The number of fused-ring (bicyclic) bond motifs is 2. The first-order chi connectivity index (χ1) is 17.7. The first kappa shape index (κ1) is 23.7. The first-order valence-corrected chi connectivity index (χ1v) is 13.9. The third-order valence-corrected chi connectivity index (χ3v) is 9.19. The lowest BCUT2D eigenvalue weighted by Gasteiger charge is -2.66. The second-order valence-corrected chi connectivity index (χ2v) is 11.0. The Labute approximate surface area is 215 Å². The zero-order chi connectivity index (χ0) is 24.6. The van der Waals surface area contributed by atoms with Crippen LogP contribution >= 0.6 is 0 Å². The number of carbonyl (C=O) groups excluding carboxylic acids is 1. The van der Waals surface area contributed by atoms with Crippen LogP contribution in [0.25, 0.3) is 0 Å². The van der Waals surface area contributed by atoms with E-state index in [1.807, 2.05) is 11.0 Å². The fourth-order valence-electron chi connectivity index (χ4n) is 7.65. The van der Waals surface area contributed by atoms with Crippen molar-refractivity contribution in [3.8, 4) is 5.75 Å². The Bertz CT molecular complexity index is 1070. The Morgan fingerprint density at radius 1 is 0.944 bits per heavy atom. The highest BCUT2D eigenvalue weighted by Crippen LogP contribution is 2.50. The summed E-state index contributed by atoms with van der Waals surface area (Å²) < 4.78 is 5.63. The minimum atomic E-state index is 0.158. The molecular weight excluding hydrogens is 446 g/mol. The number of nitrogens with zero attached hydrogens (tertiary/aromatic N) is 3. The van der Waals surface area contributed by atoms with Crippen molar-refractivity contribution in [2.24, 2.45) is 0 Å². The molecule has 6 saturated heterocycles. The molecule has 0 radical (unpaired) electrons. The summed E-state index contributed by atoms with van der Waals surface area (Å²) >= 11 is 0. The third-order valence-electron chi connectivity index (χ3n) is 9.19. The Morgan fingerprint density at radius 3 is 2.25 bits per heavy atom. The van der Waals surface area contributed by atoms with E-state index in [0.29, 0.717) is 24.2 Å². The second kappa shape index (κ2) is 10.0. The van der Waals surface area contributed by atoms with E-state index < -0.39 is 0 Å². The van der Waals surface area contributed by atoms with Crippen molar-refractivity contribution in [2.75, 3.05) is 26.7 Å². The van der Waals surface area contributed by atoms with Gasteiger partial charge in [0.15, 0.2) is 0 Å². The maximum Gasteiger partial charge on any atom is 0.253 e. The van der Waals surface area contributed by atoms with E-state index in [1.54, 1.807) is 7.11 Å². The van der Waals surface area contributed by atoms with Crippen LogP contribution in [0.2, 0.25) is 0 Å². The highest BCUT2D eigenvalue weighted by molar-refractivity contribution is 5.94. The van der Waals surface area contributed by atoms with E-state index in [-0.39, 0.29) is 11.9 Å². The van der Waals surface area contributed by atoms with E-state index in [4.69, 9.17) is 4.74 Å². The minimum absolute atomic E-state index is 0.158. The van der Waals surface area contributed by atoms with Crippen LogP contribution in [0.1, 0.15) is 72.5 Å². The maximum atomic E-state index is 13.1. The number of ether oxygens (including phenoxy) is 1. The van der Waals surface area contributed by atoms with Crippen LogP contribution in [0.4, 0.5) is 0 Å². The average Bonchev–Trinajstić information content (AvgIpc) is 2.94. The molecule has 6 fully saturated rings. The van der Waals surface area contributed by atoms with Crippen molar-refractivity contribution < 1.29 is 9.53 Å². The number of piperidine rings is 5. The van der Waals surface area contributed by atoms with Crippen LogP contribution in [0, 0.1) is 0 Å². The van der Waals surface area contributed by atoms with Crippen LogP contribution < -0.4 is 4.74 Å². The third kappa shape index (κ3) is 4.06. The molecule has 36 heavy (non-hydrogen) atoms. The lowest BCUT2D eigenvalue weighted by Crippen LogP contribution is -2.75. The zero-order valence-electron chi connectivity index (χ0n) is 21.5. The topological polar surface area (TPSA) is 36.0 Å². The fraction of sp³-hybridized carbons (Fsp3) is 0.516. The van der Waals surface area contributed by atoms with Crippen molar-refractivity contribution >= 4 is 5.91 Å². The highest BCUT2D eigenvalue weighted by Gasteiger charge is 2.56. The normalized spacial score (nSPS) is 28.8. The molecule has 6 aliphatic rings. The molecule has 0 aromatic heterocycles. The molecule has 1 amide bonds. The van der Waals surface area contributed by atoms with Crippen LogP contribution in [0.15, 0.2) is 61.2 Å². The van der Waals surface area contributed by atoms with Gasteiger partial charge < -0.3 is 9.64 Å². The van der Waals surface area contributed by atoms with Crippen molar-refractivity contribution in [1.82, 2.24) is 14.7 Å². The average molecular weight is 486 g/mol. The Morgan fingerprint density at radius 2 is 1.61 bits per heavy atom. The molecule has 190 valence electrons. The predicted molar refractivity (Wildman–Crippen MR) is 143 cm³/mol. The van der Waals surface area contributed by atoms with Gasteiger partial charge >= 0.3 is 0 Å². The van der Waals surface area contributed by atoms with Gasteiger partial charge in [-0.3, -0.25) is 14.6 Å². The van der Waals surface area contributed by atoms with Gasteiger partial charge in [0.2, 0.25) is 0 Å². The minimum Gasteiger partial charge on any atom is -0.497 e. The summed E-state index contributed by atoms with van der Waals surface area (Å²) in [6, 6.07) is 19.6. The number of carbonyl (C=O) groups is 1. The van der Waals surface area contributed by atoms with Gasteiger partial charge in [-0.25, -0.2) is 0 Å². The van der Waals surface area contributed by atoms with Crippen molar-refractivity contribution in [3.05, 3.63) is 77.9 Å². The van der Waals surface area contributed by atoms with E-state index in [9.17, 15) is 4.79 Å². The molecule has 6 aliphatic heterocycles. The number of hydrogen-bond donors (Lipinski definition) is 0. The number of amides is 1. The molecule has 0 spiro atoms. The molecule has 5 heteroatoms. The van der Waals surface area contributed by atoms with E-state index in [0.717, 1.165) is 43.8 Å². The molecule has 2 aromatic carbocycles. The van der Waals surface area contributed by atoms with Gasteiger partial charge in [0.25, 0.3) is 5.91 Å². The molecule has 5 nitrogen and oxygen atoms in total. The molecule has 2 aromatic rings. The van der Waals surface area contributed by atoms with Crippen molar-refractivity contribution in [2.45, 2.75) is 75.2 Å². The molecule has 0 N–H and O–H groups in total. The van der Waals surface area contributed by atoms with Gasteiger partial charge in [-0.15, -0.1) is 6.58 Å². The van der Waals surface area contributed by atoms with Crippen LogP contribution in [-0.4, -0.2) is 71.5 Å². The number of likely N-dealkylation sites (tertiary alicyclic amines) is 1. The van der Waals surface area contributed by atoms with E-state index in [2.05, 4.69) is 64.9 Å². The standard InChI is InChI=1S/C31H39N3O2/c1-3-18-33-26-14-16-28-27(33)15-17-29(26)34(28)30(24-8-7-9-25(21-24)36-2)22-10-12-23(13-11-22)31(35)32-19-5-4-6-20-32/h3,7-13,21,26-30H,1,4-6,14-20H2,2H3. The Hall–Kier alpha value is -2.63. The summed E-state index contributed by atoms with van der Waals surface area (Å²) in [6.45, 7) is 6.81. The predicted octanol–water partition coefficient (Wildman–Crippen LogP) is 5.28. The molecule has 8 rings (SSSR count). The number of hydrogen-bond acceptors (Lipinski definition) is 4. The number of rotatable bonds is 7. The van der Waals surface area contributed by atoms with Gasteiger partial charge in [-0.2, -0.15) is 0 Å². The second-order valence-electron chi connectivity index (χ2n) is 11.0. The summed E-state index contributed by atoms with van der Waals surface area (Å²) in [7, 11) is 1.74. The van der Waals surface area contributed by atoms with Gasteiger partial charge in [0.1, 0.15) is 5.75 Å². The molecule has 6 heterocycles. The number of benzene rings is 2. The summed E-state index contributed by atoms with van der Waals surface area (Å²) in [5, 5.41) is 0. The first-order valence-electron chi connectivity index (χ1n) is 13.9. The molecular formula is C31H39N3O2. The summed E-state index contributed by atoms with van der Waals surface area (Å²) in [4.78, 5) is 20.7. The summed E-state index contributed by atoms with van der Waals surface area (Å²) in [5.74, 6) is 1.07. The lowest BCUT2D eigenvalue weighted by molar-refractivity contribution is -0.151. The van der Waals surface area contributed by atoms with Crippen LogP contribution in [0.5, 0.6) is 5.75 Å². The number of piperazine rings is 1. The highest BCUT2D eigenvalue weighted by atomic mass is 16.5. The molecule has 5 unspecified atom stereocenters.